The van der Waals surface area contributed by atoms with Crippen molar-refractivity contribution in [2.45, 2.75) is 58.3 Å². The molecule has 0 bridgehead atoms. The second kappa shape index (κ2) is 14.9. The molecule has 244 valence electrons. The van der Waals surface area contributed by atoms with E-state index in [1.807, 2.05) is 37.9 Å². The van der Waals surface area contributed by atoms with Crippen LogP contribution < -0.4 is 4.90 Å². The smallest absolute Gasteiger partial charge is 0.410 e. The number of ether oxygens (including phenoxy) is 2. The zero-order valence-electron chi connectivity index (χ0n) is 26.2. The van der Waals surface area contributed by atoms with Gasteiger partial charge in [0.1, 0.15) is 18.0 Å². The molecule has 0 spiro atoms. The Hall–Kier alpha value is -2.96. The first-order valence-corrected chi connectivity index (χ1v) is 17.3. The van der Waals surface area contributed by atoms with E-state index in [0.29, 0.717) is 42.8 Å². The van der Waals surface area contributed by atoms with Crippen LogP contribution in [0.5, 0.6) is 0 Å². The molecule has 5 atom stereocenters. The highest BCUT2D eigenvalue weighted by atomic mass is 32.2. The van der Waals surface area contributed by atoms with E-state index in [-0.39, 0.29) is 48.9 Å². The first-order valence-electron chi connectivity index (χ1n) is 15.4. The number of carbonyl (C=O) groups is 2. The second-order valence-corrected chi connectivity index (χ2v) is 14.8. The summed E-state index contributed by atoms with van der Waals surface area (Å²) >= 11 is 0. The Morgan fingerprint density at radius 2 is 1.73 bits per heavy atom. The fraction of sp³-hybridized carbons (Fsp3) is 0.625. The molecule has 0 saturated carbocycles. The maximum absolute atomic E-state index is 14.7. The first-order chi connectivity index (χ1) is 20.8. The number of benzene rings is 1. The molecule has 3 aliphatic rings. The summed E-state index contributed by atoms with van der Waals surface area (Å²) in [5.41, 5.74) is 1.81. The summed E-state index contributed by atoms with van der Waals surface area (Å²) in [5, 5.41) is 10.6. The van der Waals surface area contributed by atoms with E-state index in [0.717, 1.165) is 13.1 Å². The Morgan fingerprint density at radius 1 is 1.05 bits per heavy atom. The molecule has 2 fully saturated rings. The van der Waals surface area contributed by atoms with E-state index in [4.69, 9.17) is 9.47 Å². The van der Waals surface area contributed by atoms with Gasteiger partial charge >= 0.3 is 12.1 Å². The average molecular weight is 636 g/mol. The lowest BCUT2D eigenvalue weighted by molar-refractivity contribution is -0.151. The number of anilines is 1. The third-order valence-corrected chi connectivity index (χ3v) is 10.3. The van der Waals surface area contributed by atoms with E-state index < -0.39 is 39.9 Å². The van der Waals surface area contributed by atoms with Crippen molar-refractivity contribution in [2.24, 2.45) is 11.8 Å². The lowest BCUT2D eigenvalue weighted by atomic mass is 9.91. The van der Waals surface area contributed by atoms with E-state index in [1.54, 1.807) is 24.0 Å². The van der Waals surface area contributed by atoms with Crippen LogP contribution in [-0.4, -0.2) is 112 Å². The van der Waals surface area contributed by atoms with Crippen LogP contribution in [-0.2, 0) is 24.1 Å². The molecule has 0 aliphatic carbocycles. The lowest BCUT2D eigenvalue weighted by Gasteiger charge is -2.33. The zero-order chi connectivity index (χ0) is 32.0. The number of amides is 1. The minimum Gasteiger partial charge on any atom is -0.457 e. The third-order valence-electron chi connectivity index (χ3n) is 8.71. The molecule has 0 radical (unpaired) electrons. The van der Waals surface area contributed by atoms with Gasteiger partial charge in [-0.25, -0.2) is 17.6 Å². The van der Waals surface area contributed by atoms with Crippen LogP contribution in [0.2, 0.25) is 0 Å². The number of esters is 1. The van der Waals surface area contributed by atoms with E-state index in [9.17, 15) is 27.5 Å². The summed E-state index contributed by atoms with van der Waals surface area (Å²) in [6.45, 7) is 8.98. The summed E-state index contributed by atoms with van der Waals surface area (Å²) < 4.78 is 50.3. The van der Waals surface area contributed by atoms with Crippen LogP contribution >= 0.6 is 0 Å². The van der Waals surface area contributed by atoms with E-state index >= 15 is 0 Å². The highest BCUT2D eigenvalue weighted by Gasteiger charge is 2.29. The van der Waals surface area contributed by atoms with Crippen molar-refractivity contribution in [1.29, 1.82) is 0 Å². The van der Waals surface area contributed by atoms with Gasteiger partial charge in [0.25, 0.3) is 0 Å². The molecule has 3 heterocycles. The van der Waals surface area contributed by atoms with Crippen LogP contribution in [0.3, 0.4) is 0 Å². The van der Waals surface area contributed by atoms with Crippen LogP contribution in [0.4, 0.5) is 14.9 Å². The molecule has 1 aromatic rings. The van der Waals surface area contributed by atoms with Crippen LogP contribution in [0, 0.1) is 17.7 Å². The Balaban J connectivity index is 1.56. The van der Waals surface area contributed by atoms with Crippen LogP contribution in [0.15, 0.2) is 35.9 Å². The molecule has 12 heteroatoms. The highest BCUT2D eigenvalue weighted by Crippen LogP contribution is 2.28. The summed E-state index contributed by atoms with van der Waals surface area (Å²) in [6, 6.07) is 4.56. The van der Waals surface area contributed by atoms with Crippen molar-refractivity contribution in [1.82, 2.24) is 9.80 Å². The summed E-state index contributed by atoms with van der Waals surface area (Å²) in [4.78, 5) is 31.6. The first kappa shape index (κ1) is 33.9. The maximum atomic E-state index is 14.7. The van der Waals surface area contributed by atoms with Gasteiger partial charge in [-0.2, -0.15) is 0 Å². The number of hydrogen-bond acceptors (Lipinski definition) is 9. The minimum absolute atomic E-state index is 0.0196. The summed E-state index contributed by atoms with van der Waals surface area (Å²) in [6.07, 6.45) is 3.71. The number of carbonyl (C=O) groups excluding carboxylic acids is 2. The van der Waals surface area contributed by atoms with Crippen LogP contribution in [0.1, 0.15) is 45.6 Å². The molecule has 44 heavy (non-hydrogen) atoms. The van der Waals surface area contributed by atoms with Gasteiger partial charge in [0.15, 0.2) is 9.84 Å². The van der Waals surface area contributed by atoms with E-state index in [1.165, 1.54) is 12.1 Å². The van der Waals surface area contributed by atoms with Crippen molar-refractivity contribution in [3.05, 3.63) is 47.3 Å². The molecule has 2 saturated heterocycles. The van der Waals surface area contributed by atoms with Gasteiger partial charge < -0.3 is 29.3 Å². The third kappa shape index (κ3) is 9.52. The van der Waals surface area contributed by atoms with Crippen molar-refractivity contribution >= 4 is 33.7 Å². The number of hydrogen-bond donors (Lipinski definition) is 1. The SMILES string of the molecule is C/C(=C\c1cc(F)cc(N2CCS(=O)(=O)CC2)c1)[C@H]1OC(=O)C[C@H](O)CC[C@H](C)[C@@H](OC(=O)N2CCN(C)CC2)/C=C/[C@@H]1C. The van der Waals surface area contributed by atoms with Crippen molar-refractivity contribution < 1.29 is 37.0 Å². The zero-order valence-corrected chi connectivity index (χ0v) is 27.0. The van der Waals surface area contributed by atoms with Gasteiger partial charge in [-0.1, -0.05) is 26.0 Å². The number of piperazine rings is 1. The summed E-state index contributed by atoms with van der Waals surface area (Å²) in [5.74, 6) is -1.37. The largest absolute Gasteiger partial charge is 0.457 e. The topological polar surface area (TPSA) is 117 Å². The number of aliphatic hydroxyl groups excluding tert-OH is 1. The fourth-order valence-corrected chi connectivity index (χ4v) is 7.01. The molecule has 4 rings (SSSR count). The second-order valence-electron chi connectivity index (χ2n) is 12.5. The lowest BCUT2D eigenvalue weighted by Crippen LogP contribution is -2.48. The molecule has 10 nitrogen and oxygen atoms in total. The quantitative estimate of drug-likeness (QED) is 0.392. The summed E-state index contributed by atoms with van der Waals surface area (Å²) in [7, 11) is -1.07. The van der Waals surface area contributed by atoms with Gasteiger partial charge in [-0.05, 0) is 68.1 Å². The molecular weight excluding hydrogens is 589 g/mol. The van der Waals surface area contributed by atoms with Crippen molar-refractivity contribution in [3.8, 4) is 0 Å². The Bertz CT molecular complexity index is 1330. The van der Waals surface area contributed by atoms with Gasteiger partial charge in [-0.3, -0.25) is 4.79 Å². The van der Waals surface area contributed by atoms with Gasteiger partial charge in [0.2, 0.25) is 0 Å². The average Bonchev–Trinajstić information content (AvgIpc) is 2.96. The number of nitrogens with zero attached hydrogens (tertiary/aromatic N) is 3. The normalized spacial score (nSPS) is 30.1. The number of likely N-dealkylation sites (N-methyl/N-ethyl adjacent to an activating group) is 1. The molecule has 3 aliphatic heterocycles. The fourth-order valence-electron chi connectivity index (χ4n) is 5.81. The van der Waals surface area contributed by atoms with Gasteiger partial charge in [0, 0.05) is 50.9 Å². The molecule has 1 amide bonds. The van der Waals surface area contributed by atoms with Crippen LogP contribution in [0.25, 0.3) is 6.08 Å². The van der Waals surface area contributed by atoms with Crippen molar-refractivity contribution in [2.75, 3.05) is 62.7 Å². The molecule has 0 unspecified atom stereocenters. The predicted octanol–water partition coefficient (Wildman–Crippen LogP) is 3.50. The molecule has 0 aromatic heterocycles. The van der Waals surface area contributed by atoms with Gasteiger partial charge in [-0.15, -0.1) is 0 Å². The number of cyclic esters (lactones) is 1. The predicted molar refractivity (Wildman–Crippen MR) is 167 cm³/mol. The Morgan fingerprint density at radius 3 is 2.41 bits per heavy atom. The molecular formula is C32H46FN3O7S. The number of rotatable bonds is 4. The standard InChI is InChI=1S/C32H46FN3O7S/c1-22-5-7-28(37)21-30(38)43-31(23(2)6-8-29(22)42-32(39)36-11-9-34(4)10-12-36)24(3)17-25-18-26(33)20-27(19-25)35-13-15-44(40,41)16-14-35/h6,8,17-20,22-23,28-29,31,37H,5,7,9-16,21H2,1-4H3/b8-6+,24-17+/t22-,23-,28+,29-,31-/m0/s1. The number of halogens is 1. The van der Waals surface area contributed by atoms with Gasteiger partial charge in [0.05, 0.1) is 24.0 Å². The Labute approximate surface area is 260 Å². The molecule has 1 N–H and O–H groups in total. The minimum atomic E-state index is -3.08. The highest BCUT2D eigenvalue weighted by molar-refractivity contribution is 7.91. The number of aliphatic hydroxyl groups is 1. The number of sulfone groups is 1. The Kier molecular flexibility index (Phi) is 11.5. The molecule has 1 aromatic carbocycles. The monoisotopic (exact) mass is 635 g/mol. The van der Waals surface area contributed by atoms with E-state index in [2.05, 4.69) is 4.90 Å². The maximum Gasteiger partial charge on any atom is 0.410 e. The van der Waals surface area contributed by atoms with Crippen molar-refractivity contribution in [3.63, 3.8) is 0 Å².